The molecule has 26 heavy (non-hydrogen) atoms. The standard InChI is InChI=1S/C17H21N7OS/c1-11-6-12(2)24(20-11)15-4-5-17(25)23(21-15)9-14-7-22(8-14)10-16-19-18-13(3)26-16/h4-6,14H,7-10H2,1-3H3. The van der Waals surface area contributed by atoms with E-state index in [1.54, 1.807) is 32.8 Å². The molecule has 0 bridgehead atoms. The van der Waals surface area contributed by atoms with Crippen LogP contribution in [-0.4, -0.2) is 47.7 Å². The molecule has 0 amide bonds. The highest BCUT2D eigenvalue weighted by atomic mass is 32.1. The molecule has 1 saturated heterocycles. The van der Waals surface area contributed by atoms with Crippen molar-refractivity contribution in [1.82, 2.24) is 34.7 Å². The zero-order valence-electron chi connectivity index (χ0n) is 15.1. The van der Waals surface area contributed by atoms with Crippen LogP contribution < -0.4 is 5.56 Å². The highest BCUT2D eigenvalue weighted by Gasteiger charge is 2.28. The van der Waals surface area contributed by atoms with Gasteiger partial charge in [-0.2, -0.15) is 5.10 Å². The van der Waals surface area contributed by atoms with Gasteiger partial charge in [0.05, 0.1) is 18.8 Å². The van der Waals surface area contributed by atoms with Crippen molar-refractivity contribution in [2.75, 3.05) is 13.1 Å². The van der Waals surface area contributed by atoms with Crippen LogP contribution in [0.5, 0.6) is 0 Å². The van der Waals surface area contributed by atoms with Crippen LogP contribution in [0.3, 0.4) is 0 Å². The maximum atomic E-state index is 12.2. The Bertz CT molecular complexity index is 983. The molecule has 0 N–H and O–H groups in total. The second-order valence-electron chi connectivity index (χ2n) is 6.83. The lowest BCUT2D eigenvalue weighted by Gasteiger charge is -2.38. The van der Waals surface area contributed by atoms with E-state index in [4.69, 9.17) is 0 Å². The van der Waals surface area contributed by atoms with Crippen LogP contribution in [0.25, 0.3) is 5.82 Å². The van der Waals surface area contributed by atoms with E-state index in [-0.39, 0.29) is 5.56 Å². The summed E-state index contributed by atoms with van der Waals surface area (Å²) in [7, 11) is 0. The Hall–Kier alpha value is -2.39. The average molecular weight is 371 g/mol. The molecule has 4 heterocycles. The molecule has 0 radical (unpaired) electrons. The number of likely N-dealkylation sites (tertiary alicyclic amines) is 1. The Labute approximate surface area is 155 Å². The molecular formula is C17H21N7OS. The molecule has 0 aromatic carbocycles. The fourth-order valence-electron chi connectivity index (χ4n) is 3.30. The van der Waals surface area contributed by atoms with Gasteiger partial charge >= 0.3 is 0 Å². The van der Waals surface area contributed by atoms with Crippen LogP contribution >= 0.6 is 11.3 Å². The van der Waals surface area contributed by atoms with Crippen LogP contribution in [0.15, 0.2) is 23.0 Å². The van der Waals surface area contributed by atoms with Gasteiger partial charge in [0.15, 0.2) is 5.82 Å². The summed E-state index contributed by atoms with van der Waals surface area (Å²) >= 11 is 1.63. The Balaban J connectivity index is 1.42. The van der Waals surface area contributed by atoms with Gasteiger partial charge in [-0.25, -0.2) is 9.36 Å². The first-order valence-corrected chi connectivity index (χ1v) is 9.43. The van der Waals surface area contributed by atoms with Crippen molar-refractivity contribution < 1.29 is 0 Å². The van der Waals surface area contributed by atoms with Gasteiger partial charge in [-0.15, -0.1) is 26.6 Å². The van der Waals surface area contributed by atoms with Crippen LogP contribution in [0.1, 0.15) is 21.4 Å². The van der Waals surface area contributed by atoms with E-state index in [2.05, 4.69) is 25.3 Å². The third-order valence-electron chi connectivity index (χ3n) is 4.47. The minimum absolute atomic E-state index is 0.0755. The molecule has 4 rings (SSSR count). The summed E-state index contributed by atoms with van der Waals surface area (Å²) in [5.41, 5.74) is 1.86. The summed E-state index contributed by atoms with van der Waals surface area (Å²) in [5, 5.41) is 19.2. The van der Waals surface area contributed by atoms with Crippen LogP contribution in [0.2, 0.25) is 0 Å². The van der Waals surface area contributed by atoms with Gasteiger partial charge in [-0.05, 0) is 32.9 Å². The molecule has 1 aliphatic rings. The average Bonchev–Trinajstić information content (AvgIpc) is 3.12. The van der Waals surface area contributed by atoms with Crippen LogP contribution in [-0.2, 0) is 13.1 Å². The number of nitrogens with zero attached hydrogens (tertiary/aromatic N) is 7. The number of hydrogen-bond donors (Lipinski definition) is 0. The zero-order valence-corrected chi connectivity index (χ0v) is 15.9. The molecule has 0 unspecified atom stereocenters. The first kappa shape index (κ1) is 17.0. The SMILES string of the molecule is Cc1cc(C)n(-c2ccc(=O)n(CC3CN(Cc4nnc(C)s4)C3)n2)n1. The van der Waals surface area contributed by atoms with E-state index < -0.39 is 0 Å². The first-order valence-electron chi connectivity index (χ1n) is 8.61. The Morgan fingerprint density at radius 1 is 1.15 bits per heavy atom. The Morgan fingerprint density at radius 3 is 2.62 bits per heavy atom. The normalized spacial score (nSPS) is 15.3. The van der Waals surface area contributed by atoms with Crippen molar-refractivity contribution in [3.05, 3.63) is 50.0 Å². The topological polar surface area (TPSA) is 81.7 Å². The molecular weight excluding hydrogens is 350 g/mol. The fraction of sp³-hybridized carbons (Fsp3) is 0.471. The van der Waals surface area contributed by atoms with Crippen LogP contribution in [0.4, 0.5) is 0 Å². The second kappa shape index (κ2) is 6.73. The summed E-state index contributed by atoms with van der Waals surface area (Å²) in [6.07, 6.45) is 0. The van der Waals surface area contributed by atoms with Crippen molar-refractivity contribution in [2.24, 2.45) is 5.92 Å². The lowest BCUT2D eigenvalue weighted by molar-refractivity contribution is 0.0763. The first-order chi connectivity index (χ1) is 12.5. The van der Waals surface area contributed by atoms with E-state index in [9.17, 15) is 4.79 Å². The maximum Gasteiger partial charge on any atom is 0.266 e. The summed E-state index contributed by atoms with van der Waals surface area (Å²) < 4.78 is 3.33. The number of aryl methyl sites for hydroxylation is 3. The molecule has 3 aromatic rings. The Kier molecular flexibility index (Phi) is 4.41. The summed E-state index contributed by atoms with van der Waals surface area (Å²) in [6, 6.07) is 5.29. The predicted octanol–water partition coefficient (Wildman–Crippen LogP) is 1.34. The molecule has 1 aliphatic heterocycles. The van der Waals surface area contributed by atoms with Crippen molar-refractivity contribution in [3.63, 3.8) is 0 Å². The van der Waals surface area contributed by atoms with Gasteiger partial charge in [-0.3, -0.25) is 9.69 Å². The maximum absolute atomic E-state index is 12.2. The van der Waals surface area contributed by atoms with E-state index in [1.807, 2.05) is 26.8 Å². The number of aromatic nitrogens is 6. The van der Waals surface area contributed by atoms with E-state index in [1.165, 1.54) is 0 Å². The highest BCUT2D eigenvalue weighted by molar-refractivity contribution is 7.11. The van der Waals surface area contributed by atoms with E-state index in [0.29, 0.717) is 18.3 Å². The minimum atomic E-state index is -0.0755. The molecule has 0 atom stereocenters. The lowest BCUT2D eigenvalue weighted by atomic mass is 10.0. The smallest absolute Gasteiger partial charge is 0.266 e. The fourth-order valence-corrected chi connectivity index (χ4v) is 4.05. The van der Waals surface area contributed by atoms with Gasteiger partial charge < -0.3 is 0 Å². The monoisotopic (exact) mass is 371 g/mol. The largest absolute Gasteiger partial charge is 0.296 e. The zero-order chi connectivity index (χ0) is 18.3. The molecule has 1 fully saturated rings. The third-order valence-corrected chi connectivity index (χ3v) is 5.29. The molecule has 9 heteroatoms. The van der Waals surface area contributed by atoms with Gasteiger partial charge in [0.2, 0.25) is 0 Å². The van der Waals surface area contributed by atoms with E-state index in [0.717, 1.165) is 41.0 Å². The summed E-state index contributed by atoms with van der Waals surface area (Å²) in [6.45, 7) is 9.23. The van der Waals surface area contributed by atoms with Gasteiger partial charge in [-0.1, -0.05) is 0 Å². The lowest BCUT2D eigenvalue weighted by Crippen LogP contribution is -2.48. The molecule has 3 aromatic heterocycles. The molecule has 0 aliphatic carbocycles. The van der Waals surface area contributed by atoms with Crippen LogP contribution in [0, 0.1) is 26.7 Å². The number of hydrogen-bond acceptors (Lipinski definition) is 7. The quantitative estimate of drug-likeness (QED) is 0.673. The van der Waals surface area contributed by atoms with Crippen molar-refractivity contribution >= 4 is 11.3 Å². The van der Waals surface area contributed by atoms with Crippen molar-refractivity contribution in [1.29, 1.82) is 0 Å². The highest BCUT2D eigenvalue weighted by Crippen LogP contribution is 2.21. The van der Waals surface area contributed by atoms with Gasteiger partial charge in [0.1, 0.15) is 10.0 Å². The second-order valence-corrected chi connectivity index (χ2v) is 8.09. The summed E-state index contributed by atoms with van der Waals surface area (Å²) in [5.74, 6) is 1.10. The molecule has 136 valence electrons. The molecule has 0 spiro atoms. The van der Waals surface area contributed by atoms with Crippen molar-refractivity contribution in [2.45, 2.75) is 33.9 Å². The molecule has 0 saturated carbocycles. The van der Waals surface area contributed by atoms with Gasteiger partial charge in [0.25, 0.3) is 5.56 Å². The minimum Gasteiger partial charge on any atom is -0.296 e. The Morgan fingerprint density at radius 2 is 1.96 bits per heavy atom. The third kappa shape index (κ3) is 3.45. The van der Waals surface area contributed by atoms with Crippen molar-refractivity contribution in [3.8, 4) is 5.82 Å². The van der Waals surface area contributed by atoms with Gasteiger partial charge in [0, 0.05) is 30.8 Å². The predicted molar refractivity (Wildman–Crippen MR) is 98.5 cm³/mol. The van der Waals surface area contributed by atoms with E-state index >= 15 is 0 Å². The molecule has 8 nitrogen and oxygen atoms in total. The summed E-state index contributed by atoms with van der Waals surface area (Å²) in [4.78, 5) is 14.5. The number of rotatable bonds is 5.